The summed E-state index contributed by atoms with van der Waals surface area (Å²) in [5.41, 5.74) is 0.752. The molecule has 0 aliphatic heterocycles. The molecule has 5 nitrogen and oxygen atoms in total. The van der Waals surface area contributed by atoms with E-state index >= 15 is 0 Å². The summed E-state index contributed by atoms with van der Waals surface area (Å²) in [6.07, 6.45) is 1.81. The molecule has 142 valence electrons. The molecule has 4 rings (SSSR count). The zero-order valence-corrected chi connectivity index (χ0v) is 15.5. The molecule has 1 aromatic heterocycles. The molecule has 0 amide bonds. The van der Waals surface area contributed by atoms with Crippen molar-refractivity contribution >= 4 is 22.5 Å². The van der Waals surface area contributed by atoms with Gasteiger partial charge in [-0.2, -0.15) is 4.57 Å². The minimum absolute atomic E-state index is 0.0463. The number of benzene rings is 3. The first-order chi connectivity index (χ1) is 14.1. The standard InChI is InChI=1S/C24H17NO4/c26-22(18-8-2-1-3-9-18)16-25-14-13-17-7-4-5-12-21(17)23(25)29-20-11-6-10-19(15-20)24(27)28/h1-15H,16H2/p+1. The summed E-state index contributed by atoms with van der Waals surface area (Å²) >= 11 is 0. The van der Waals surface area contributed by atoms with Crippen molar-refractivity contribution in [3.63, 3.8) is 0 Å². The van der Waals surface area contributed by atoms with Gasteiger partial charge in [0, 0.05) is 11.6 Å². The Morgan fingerprint density at radius 1 is 0.828 bits per heavy atom. The SMILES string of the molecule is O=C(O)c1cccc(Oc2c3ccccc3cc[n+]2CC(=O)c2ccccc2)c1. The predicted molar refractivity (Wildman–Crippen MR) is 108 cm³/mol. The van der Waals surface area contributed by atoms with Crippen LogP contribution in [0.4, 0.5) is 0 Å². The predicted octanol–water partition coefficient (Wildman–Crippen LogP) is 4.50. The third-order valence-electron chi connectivity index (χ3n) is 4.59. The number of aromatic carboxylic acids is 1. The molecule has 3 aromatic carbocycles. The number of ketones is 1. The molecule has 0 saturated carbocycles. The maximum atomic E-state index is 12.7. The quantitative estimate of drug-likeness (QED) is 0.393. The van der Waals surface area contributed by atoms with Gasteiger partial charge >= 0.3 is 11.8 Å². The van der Waals surface area contributed by atoms with Crippen LogP contribution in [0.2, 0.25) is 0 Å². The van der Waals surface area contributed by atoms with Gasteiger partial charge in [0.05, 0.1) is 10.9 Å². The average Bonchev–Trinajstić information content (AvgIpc) is 2.76. The van der Waals surface area contributed by atoms with Crippen LogP contribution in [0.25, 0.3) is 10.8 Å². The second-order valence-corrected chi connectivity index (χ2v) is 6.56. The summed E-state index contributed by atoms with van der Waals surface area (Å²) in [5.74, 6) is -0.201. The van der Waals surface area contributed by atoms with E-state index in [-0.39, 0.29) is 17.9 Å². The van der Waals surface area contributed by atoms with Crippen molar-refractivity contribution in [2.24, 2.45) is 0 Å². The molecule has 0 fully saturated rings. The largest absolute Gasteiger partial charge is 0.478 e. The van der Waals surface area contributed by atoms with Crippen LogP contribution in [-0.2, 0) is 6.54 Å². The second-order valence-electron chi connectivity index (χ2n) is 6.56. The Morgan fingerprint density at radius 2 is 1.55 bits per heavy atom. The van der Waals surface area contributed by atoms with E-state index in [1.54, 1.807) is 35.0 Å². The lowest BCUT2D eigenvalue weighted by Gasteiger charge is -2.09. The molecular weight excluding hydrogens is 366 g/mol. The van der Waals surface area contributed by atoms with E-state index in [4.69, 9.17) is 4.74 Å². The van der Waals surface area contributed by atoms with Gasteiger partial charge in [-0.1, -0.05) is 54.6 Å². The van der Waals surface area contributed by atoms with E-state index in [9.17, 15) is 14.7 Å². The highest BCUT2D eigenvalue weighted by Gasteiger charge is 2.22. The van der Waals surface area contributed by atoms with Crippen LogP contribution in [0, 0.1) is 0 Å². The van der Waals surface area contributed by atoms with Crippen LogP contribution < -0.4 is 9.30 Å². The Hall–Kier alpha value is -3.99. The summed E-state index contributed by atoms with van der Waals surface area (Å²) in [4.78, 5) is 24.0. The Bertz CT molecular complexity index is 1200. The molecule has 1 N–H and O–H groups in total. The van der Waals surface area contributed by atoms with Crippen molar-refractivity contribution in [2.45, 2.75) is 6.54 Å². The molecule has 29 heavy (non-hydrogen) atoms. The number of nitrogens with zero attached hydrogens (tertiary/aromatic N) is 1. The number of hydrogen-bond acceptors (Lipinski definition) is 3. The molecule has 0 spiro atoms. The highest BCUT2D eigenvalue weighted by Crippen LogP contribution is 2.27. The van der Waals surface area contributed by atoms with Gasteiger partial charge in [0.2, 0.25) is 12.3 Å². The van der Waals surface area contributed by atoms with Gasteiger partial charge in [-0.05, 0) is 29.7 Å². The lowest BCUT2D eigenvalue weighted by molar-refractivity contribution is -0.685. The molecular formula is C24H18NO4+. The monoisotopic (exact) mass is 384 g/mol. The van der Waals surface area contributed by atoms with E-state index in [0.717, 1.165) is 10.8 Å². The minimum atomic E-state index is -1.03. The van der Waals surface area contributed by atoms with E-state index in [2.05, 4.69) is 0 Å². The van der Waals surface area contributed by atoms with E-state index in [1.165, 1.54) is 12.1 Å². The fourth-order valence-electron chi connectivity index (χ4n) is 3.14. The average molecular weight is 384 g/mol. The van der Waals surface area contributed by atoms with Gasteiger partial charge in [0.15, 0.2) is 6.20 Å². The first kappa shape index (κ1) is 18.4. The van der Waals surface area contributed by atoms with Crippen molar-refractivity contribution < 1.29 is 24.0 Å². The summed E-state index contributed by atoms with van der Waals surface area (Å²) in [6, 6.07) is 25.0. The maximum absolute atomic E-state index is 12.7. The van der Waals surface area contributed by atoms with Crippen LogP contribution in [0.3, 0.4) is 0 Å². The Balaban J connectivity index is 1.76. The van der Waals surface area contributed by atoms with Gasteiger partial charge in [-0.25, -0.2) is 4.79 Å². The maximum Gasteiger partial charge on any atom is 0.381 e. The smallest absolute Gasteiger partial charge is 0.381 e. The van der Waals surface area contributed by atoms with Crippen LogP contribution in [0.5, 0.6) is 11.6 Å². The van der Waals surface area contributed by atoms with Gasteiger partial charge in [0.25, 0.3) is 0 Å². The number of pyridine rings is 1. The fourth-order valence-corrected chi connectivity index (χ4v) is 3.14. The highest BCUT2D eigenvalue weighted by atomic mass is 16.5. The summed E-state index contributed by atoms with van der Waals surface area (Å²) in [5, 5.41) is 11.0. The molecule has 0 saturated heterocycles. The van der Waals surface area contributed by atoms with Crippen LogP contribution in [-0.4, -0.2) is 16.9 Å². The van der Waals surface area contributed by atoms with Crippen molar-refractivity contribution in [1.82, 2.24) is 0 Å². The summed E-state index contributed by atoms with van der Waals surface area (Å²) in [7, 11) is 0. The lowest BCUT2D eigenvalue weighted by Crippen LogP contribution is -2.39. The van der Waals surface area contributed by atoms with Crippen LogP contribution in [0.15, 0.2) is 91.1 Å². The van der Waals surface area contributed by atoms with E-state index in [1.807, 2.05) is 48.5 Å². The third kappa shape index (κ3) is 3.99. The molecule has 0 unspecified atom stereocenters. The molecule has 0 aliphatic carbocycles. The number of ether oxygens (including phenoxy) is 1. The molecule has 1 heterocycles. The Labute approximate surface area is 167 Å². The molecule has 4 aromatic rings. The number of rotatable bonds is 6. The molecule has 0 bridgehead atoms. The highest BCUT2D eigenvalue weighted by molar-refractivity contribution is 5.95. The van der Waals surface area contributed by atoms with Crippen molar-refractivity contribution in [3.8, 4) is 11.6 Å². The third-order valence-corrected chi connectivity index (χ3v) is 4.59. The summed E-state index contributed by atoms with van der Waals surface area (Å²) < 4.78 is 7.84. The number of carbonyl (C=O) groups is 2. The first-order valence-corrected chi connectivity index (χ1v) is 9.12. The van der Waals surface area contributed by atoms with Gasteiger partial charge in [-0.15, -0.1) is 0 Å². The Morgan fingerprint density at radius 3 is 2.34 bits per heavy atom. The minimum Gasteiger partial charge on any atom is -0.478 e. The summed E-state index contributed by atoms with van der Waals surface area (Å²) in [6.45, 7) is 0.100. The normalized spacial score (nSPS) is 10.6. The second kappa shape index (κ2) is 7.94. The lowest BCUT2D eigenvalue weighted by atomic mass is 10.1. The van der Waals surface area contributed by atoms with E-state index in [0.29, 0.717) is 17.2 Å². The zero-order valence-electron chi connectivity index (χ0n) is 15.5. The van der Waals surface area contributed by atoms with Gasteiger partial charge < -0.3 is 9.84 Å². The number of carboxylic acids is 1. The number of Topliss-reactive ketones (excluding diaryl/α,β-unsaturated/α-hetero) is 1. The number of carboxylic acid groups (broad SMARTS) is 1. The van der Waals surface area contributed by atoms with Crippen molar-refractivity contribution in [1.29, 1.82) is 0 Å². The molecule has 5 heteroatoms. The van der Waals surface area contributed by atoms with Gasteiger partial charge in [0.1, 0.15) is 5.75 Å². The topological polar surface area (TPSA) is 67.5 Å². The number of carbonyl (C=O) groups excluding carboxylic acids is 1. The van der Waals surface area contributed by atoms with Crippen LogP contribution in [0.1, 0.15) is 20.7 Å². The van der Waals surface area contributed by atoms with Crippen molar-refractivity contribution in [2.75, 3.05) is 0 Å². The molecule has 0 aliphatic rings. The fraction of sp³-hybridized carbons (Fsp3) is 0.0417. The number of hydrogen-bond donors (Lipinski definition) is 1. The Kier molecular flexibility index (Phi) is 5.03. The number of aromatic nitrogens is 1. The van der Waals surface area contributed by atoms with E-state index < -0.39 is 5.97 Å². The first-order valence-electron chi connectivity index (χ1n) is 9.12. The van der Waals surface area contributed by atoms with Gasteiger partial charge in [-0.3, -0.25) is 4.79 Å². The zero-order chi connectivity index (χ0) is 20.2. The van der Waals surface area contributed by atoms with Crippen molar-refractivity contribution in [3.05, 3.63) is 102 Å². The van der Waals surface area contributed by atoms with Crippen LogP contribution >= 0.6 is 0 Å². The molecule has 0 radical (unpaired) electrons. The molecule has 0 atom stereocenters. The number of fused-ring (bicyclic) bond motifs is 1.